The minimum Gasteiger partial charge on any atom is -0.389 e. The molecule has 0 unspecified atom stereocenters. The zero-order valence-electron chi connectivity index (χ0n) is 10.0. The summed E-state index contributed by atoms with van der Waals surface area (Å²) in [6, 6.07) is 7.73. The van der Waals surface area contributed by atoms with Crippen molar-refractivity contribution in [2.24, 2.45) is 5.73 Å². The second-order valence-corrected chi connectivity index (χ2v) is 7.19. The largest absolute Gasteiger partial charge is 0.389 e. The van der Waals surface area contributed by atoms with Crippen molar-refractivity contribution in [3.63, 3.8) is 0 Å². The van der Waals surface area contributed by atoms with Crippen molar-refractivity contribution in [3.05, 3.63) is 35.4 Å². The summed E-state index contributed by atoms with van der Waals surface area (Å²) >= 11 is 5.02. The number of rotatable bonds is 3. The third-order valence-corrected chi connectivity index (χ3v) is 4.94. The molecule has 0 bridgehead atoms. The molecule has 0 saturated carbocycles. The van der Waals surface area contributed by atoms with Crippen molar-refractivity contribution in [1.82, 2.24) is 4.90 Å². The molecule has 1 aromatic rings. The molecule has 0 aromatic heterocycles. The lowest BCUT2D eigenvalue weighted by molar-refractivity contribution is 0.287. The lowest BCUT2D eigenvalue weighted by atomic mass is 10.1. The van der Waals surface area contributed by atoms with Gasteiger partial charge < -0.3 is 5.73 Å². The summed E-state index contributed by atoms with van der Waals surface area (Å²) in [5.74, 6) is 0.477. The summed E-state index contributed by atoms with van der Waals surface area (Å²) < 4.78 is 22.7. The van der Waals surface area contributed by atoms with E-state index in [2.05, 4.69) is 4.90 Å². The van der Waals surface area contributed by atoms with Gasteiger partial charge in [0.05, 0.1) is 11.5 Å². The number of benzene rings is 1. The van der Waals surface area contributed by atoms with Crippen molar-refractivity contribution in [2.75, 3.05) is 24.6 Å². The van der Waals surface area contributed by atoms with Crippen LogP contribution >= 0.6 is 12.2 Å². The molecule has 1 fully saturated rings. The summed E-state index contributed by atoms with van der Waals surface area (Å²) in [5.41, 5.74) is 7.62. The highest BCUT2D eigenvalue weighted by Crippen LogP contribution is 2.14. The van der Waals surface area contributed by atoms with Crippen molar-refractivity contribution < 1.29 is 8.42 Å². The molecule has 1 aliphatic rings. The Hall–Kier alpha value is -0.980. The fourth-order valence-electron chi connectivity index (χ4n) is 2.05. The minimum absolute atomic E-state index is 0.238. The van der Waals surface area contributed by atoms with Crippen LogP contribution in [0.2, 0.25) is 0 Å². The minimum atomic E-state index is -2.83. The van der Waals surface area contributed by atoms with E-state index < -0.39 is 9.84 Å². The van der Waals surface area contributed by atoms with Crippen LogP contribution in [0.15, 0.2) is 24.3 Å². The van der Waals surface area contributed by atoms with Gasteiger partial charge in [0, 0.05) is 25.2 Å². The number of nitrogens with zero attached hydrogens (tertiary/aromatic N) is 1. The third kappa shape index (κ3) is 3.28. The van der Waals surface area contributed by atoms with Gasteiger partial charge >= 0.3 is 0 Å². The predicted molar refractivity (Wildman–Crippen MR) is 76.3 cm³/mol. The summed E-state index contributed by atoms with van der Waals surface area (Å²) in [5, 5.41) is 0. The third-order valence-electron chi connectivity index (χ3n) is 3.11. The number of hydrogen-bond donors (Lipinski definition) is 1. The fraction of sp³-hybridized carbons (Fsp3) is 0.417. The Morgan fingerprint density at radius 1 is 1.28 bits per heavy atom. The molecular formula is C12H16N2O2S2. The maximum absolute atomic E-state index is 11.4. The molecule has 1 aromatic carbocycles. The smallest absolute Gasteiger partial charge is 0.152 e. The van der Waals surface area contributed by atoms with E-state index in [1.54, 1.807) is 0 Å². The highest BCUT2D eigenvalue weighted by atomic mass is 32.2. The number of thiocarbonyl (C=S) groups is 1. The summed E-state index contributed by atoms with van der Waals surface area (Å²) in [7, 11) is -2.83. The van der Waals surface area contributed by atoms with E-state index in [9.17, 15) is 8.42 Å². The molecule has 4 nitrogen and oxygen atoms in total. The monoisotopic (exact) mass is 284 g/mol. The first-order valence-corrected chi connectivity index (χ1v) is 8.01. The number of sulfone groups is 1. The Kier molecular flexibility index (Phi) is 3.99. The van der Waals surface area contributed by atoms with Crippen LogP contribution in [0.4, 0.5) is 0 Å². The van der Waals surface area contributed by atoms with E-state index in [4.69, 9.17) is 18.0 Å². The van der Waals surface area contributed by atoms with Crippen molar-refractivity contribution in [1.29, 1.82) is 0 Å². The van der Waals surface area contributed by atoms with Gasteiger partial charge in [-0.15, -0.1) is 0 Å². The van der Waals surface area contributed by atoms with Crippen LogP contribution in [0.25, 0.3) is 0 Å². The molecule has 1 heterocycles. The molecule has 2 rings (SSSR count). The fourth-order valence-corrected chi connectivity index (χ4v) is 3.52. The van der Waals surface area contributed by atoms with E-state index in [1.165, 1.54) is 0 Å². The second kappa shape index (κ2) is 5.34. The van der Waals surface area contributed by atoms with Gasteiger partial charge in [0.1, 0.15) is 4.99 Å². The van der Waals surface area contributed by atoms with E-state index in [1.807, 2.05) is 24.3 Å². The van der Waals surface area contributed by atoms with Gasteiger partial charge in [-0.3, -0.25) is 4.90 Å². The number of nitrogens with two attached hydrogens (primary N) is 1. The normalized spacial score (nSPS) is 19.6. The molecule has 6 heteroatoms. The lowest BCUT2D eigenvalue weighted by Gasteiger charge is -2.27. The molecule has 0 spiro atoms. The molecule has 18 heavy (non-hydrogen) atoms. The van der Waals surface area contributed by atoms with Gasteiger partial charge in [-0.05, 0) is 5.56 Å². The first-order valence-electron chi connectivity index (χ1n) is 5.78. The van der Waals surface area contributed by atoms with E-state index >= 15 is 0 Å². The van der Waals surface area contributed by atoms with Gasteiger partial charge in [0.15, 0.2) is 9.84 Å². The molecule has 0 aliphatic carbocycles. The van der Waals surface area contributed by atoms with Crippen LogP contribution in [0, 0.1) is 0 Å². The van der Waals surface area contributed by atoms with E-state index in [0.717, 1.165) is 11.1 Å². The lowest BCUT2D eigenvalue weighted by Crippen LogP contribution is -2.40. The highest BCUT2D eigenvalue weighted by molar-refractivity contribution is 7.91. The van der Waals surface area contributed by atoms with Gasteiger partial charge in [-0.2, -0.15) is 0 Å². The van der Waals surface area contributed by atoms with Gasteiger partial charge in [0.2, 0.25) is 0 Å². The van der Waals surface area contributed by atoms with Crippen molar-refractivity contribution >= 4 is 27.0 Å². The maximum atomic E-state index is 11.4. The Balaban J connectivity index is 2.09. The Morgan fingerprint density at radius 3 is 2.50 bits per heavy atom. The van der Waals surface area contributed by atoms with Crippen LogP contribution < -0.4 is 5.73 Å². The zero-order chi connectivity index (χ0) is 13.2. The van der Waals surface area contributed by atoms with Crippen LogP contribution in [0.3, 0.4) is 0 Å². The molecule has 0 radical (unpaired) electrons. The molecular weight excluding hydrogens is 268 g/mol. The average molecular weight is 284 g/mol. The molecule has 1 aliphatic heterocycles. The Labute approximate surface area is 113 Å². The summed E-state index contributed by atoms with van der Waals surface area (Å²) in [6.45, 7) is 1.85. The predicted octanol–water partition coefficient (Wildman–Crippen LogP) is 0.551. The first-order chi connectivity index (χ1) is 8.48. The summed E-state index contributed by atoms with van der Waals surface area (Å²) in [6.07, 6.45) is 0. The van der Waals surface area contributed by atoms with Crippen LogP contribution in [-0.4, -0.2) is 42.9 Å². The second-order valence-electron chi connectivity index (χ2n) is 4.45. The molecule has 1 saturated heterocycles. The quantitative estimate of drug-likeness (QED) is 0.821. The maximum Gasteiger partial charge on any atom is 0.152 e. The molecule has 2 N–H and O–H groups in total. The zero-order valence-corrected chi connectivity index (χ0v) is 11.6. The average Bonchev–Trinajstić information content (AvgIpc) is 2.32. The molecule has 98 valence electrons. The SMILES string of the molecule is NC(=S)c1ccccc1CN1CCS(=O)(=O)CC1. The molecule has 0 amide bonds. The van der Waals surface area contributed by atoms with Gasteiger partial charge in [-0.25, -0.2) is 8.42 Å². The topological polar surface area (TPSA) is 63.4 Å². The van der Waals surface area contributed by atoms with Crippen LogP contribution in [-0.2, 0) is 16.4 Å². The van der Waals surface area contributed by atoms with Crippen molar-refractivity contribution in [3.8, 4) is 0 Å². The standard InChI is InChI=1S/C12H16N2O2S2/c13-12(17)11-4-2-1-3-10(11)9-14-5-7-18(15,16)8-6-14/h1-4H,5-9H2,(H2,13,17). The summed E-state index contributed by atoms with van der Waals surface area (Å²) in [4.78, 5) is 2.51. The van der Waals surface area contributed by atoms with E-state index in [0.29, 0.717) is 24.6 Å². The number of hydrogen-bond acceptors (Lipinski definition) is 4. The Bertz CT molecular complexity index is 541. The van der Waals surface area contributed by atoms with Gasteiger partial charge in [0.25, 0.3) is 0 Å². The van der Waals surface area contributed by atoms with Crippen molar-refractivity contribution in [2.45, 2.75) is 6.54 Å². The van der Waals surface area contributed by atoms with Gasteiger partial charge in [-0.1, -0.05) is 36.5 Å². The molecule has 0 atom stereocenters. The highest BCUT2D eigenvalue weighted by Gasteiger charge is 2.22. The Morgan fingerprint density at radius 2 is 1.89 bits per heavy atom. The first kappa shape index (κ1) is 13.5. The van der Waals surface area contributed by atoms with Crippen LogP contribution in [0.1, 0.15) is 11.1 Å². The van der Waals surface area contributed by atoms with E-state index in [-0.39, 0.29) is 11.5 Å². The van der Waals surface area contributed by atoms with Crippen LogP contribution in [0.5, 0.6) is 0 Å².